The zero-order valence-corrected chi connectivity index (χ0v) is 21.1. The van der Waals surface area contributed by atoms with Crippen LogP contribution in [0.5, 0.6) is 5.75 Å². The summed E-state index contributed by atoms with van der Waals surface area (Å²) < 4.78 is 0. The lowest BCUT2D eigenvalue weighted by molar-refractivity contribution is 0.252. The summed E-state index contributed by atoms with van der Waals surface area (Å²) in [6, 6.07) is 27.7. The van der Waals surface area contributed by atoms with Crippen LogP contribution >= 0.6 is 0 Å². The topological polar surface area (TPSA) is 23.5 Å². The Morgan fingerprint density at radius 1 is 0.794 bits per heavy atom. The van der Waals surface area contributed by atoms with Crippen molar-refractivity contribution in [2.75, 3.05) is 19.6 Å². The van der Waals surface area contributed by atoms with Gasteiger partial charge in [0.15, 0.2) is 0 Å². The Morgan fingerprint density at radius 3 is 1.94 bits per heavy atom. The van der Waals surface area contributed by atoms with Crippen molar-refractivity contribution >= 4 is 5.57 Å². The quantitative estimate of drug-likeness (QED) is 0.372. The fourth-order valence-corrected chi connectivity index (χ4v) is 5.21. The predicted molar refractivity (Wildman–Crippen MR) is 144 cm³/mol. The van der Waals surface area contributed by atoms with E-state index in [9.17, 15) is 5.11 Å². The number of hydrogen-bond donors (Lipinski definition) is 1. The minimum Gasteiger partial charge on any atom is -0.508 e. The van der Waals surface area contributed by atoms with Gasteiger partial charge < -0.3 is 10.0 Å². The summed E-state index contributed by atoms with van der Waals surface area (Å²) in [5.41, 5.74) is 8.40. The number of hydrogen-bond acceptors (Lipinski definition) is 2. The van der Waals surface area contributed by atoms with Crippen molar-refractivity contribution in [2.24, 2.45) is 0 Å². The van der Waals surface area contributed by atoms with Crippen molar-refractivity contribution in [3.8, 4) is 5.75 Å². The highest BCUT2D eigenvalue weighted by Crippen LogP contribution is 2.33. The van der Waals surface area contributed by atoms with Gasteiger partial charge in [0.2, 0.25) is 0 Å². The van der Waals surface area contributed by atoms with Crippen LogP contribution in [-0.4, -0.2) is 29.6 Å². The molecule has 3 aromatic rings. The second-order valence-corrected chi connectivity index (χ2v) is 10.6. The molecule has 0 radical (unpaired) electrons. The highest BCUT2D eigenvalue weighted by molar-refractivity contribution is 5.82. The lowest BCUT2D eigenvalue weighted by Gasteiger charge is -2.30. The highest BCUT2D eigenvalue weighted by atomic mass is 16.3. The number of piperidine rings is 1. The Bertz CT molecular complexity index is 1040. The fourth-order valence-electron chi connectivity index (χ4n) is 5.21. The Morgan fingerprint density at radius 2 is 1.38 bits per heavy atom. The molecule has 0 aliphatic carbocycles. The van der Waals surface area contributed by atoms with Crippen LogP contribution < -0.4 is 0 Å². The lowest BCUT2D eigenvalue weighted by atomic mass is 9.82. The summed E-state index contributed by atoms with van der Waals surface area (Å²) in [4.78, 5) is 2.64. The van der Waals surface area contributed by atoms with E-state index in [1.54, 1.807) is 5.57 Å². The zero-order valence-electron chi connectivity index (χ0n) is 21.1. The van der Waals surface area contributed by atoms with Gasteiger partial charge in [-0.1, -0.05) is 93.1 Å². The summed E-state index contributed by atoms with van der Waals surface area (Å²) in [5, 5.41) is 9.94. The number of benzene rings is 3. The molecule has 1 fully saturated rings. The van der Waals surface area contributed by atoms with Crippen LogP contribution in [0.15, 0.2) is 84.4 Å². The van der Waals surface area contributed by atoms with Crippen molar-refractivity contribution in [1.29, 1.82) is 0 Å². The molecule has 2 heteroatoms. The highest BCUT2D eigenvalue weighted by Gasteiger charge is 2.20. The smallest absolute Gasteiger partial charge is 0.115 e. The molecule has 34 heavy (non-hydrogen) atoms. The monoisotopic (exact) mass is 453 g/mol. The summed E-state index contributed by atoms with van der Waals surface area (Å²) in [6.45, 7) is 10.1. The molecule has 2 nitrogen and oxygen atoms in total. The molecule has 0 atom stereocenters. The van der Waals surface area contributed by atoms with Crippen molar-refractivity contribution in [3.05, 3.63) is 107 Å². The Balaban J connectivity index is 1.35. The van der Waals surface area contributed by atoms with Crippen LogP contribution in [0.3, 0.4) is 0 Å². The van der Waals surface area contributed by atoms with Crippen molar-refractivity contribution in [3.63, 3.8) is 0 Å². The summed E-state index contributed by atoms with van der Waals surface area (Å²) in [5.74, 6) is 0.372. The molecular weight excluding hydrogens is 414 g/mol. The average molecular weight is 454 g/mol. The number of nitrogens with zero attached hydrogens (tertiary/aromatic N) is 1. The number of phenolic OH excluding ortho intramolecular Hbond substituents is 1. The second-order valence-electron chi connectivity index (χ2n) is 10.6. The third-order valence-electron chi connectivity index (χ3n) is 7.01. The molecule has 0 amide bonds. The molecule has 1 saturated heterocycles. The molecule has 0 saturated carbocycles. The summed E-state index contributed by atoms with van der Waals surface area (Å²) in [6.07, 6.45) is 5.77. The average Bonchev–Trinajstić information content (AvgIpc) is 2.84. The molecule has 0 unspecified atom stereocenters. The van der Waals surface area contributed by atoms with E-state index in [1.807, 2.05) is 12.1 Å². The molecule has 1 aliphatic rings. The molecule has 1 N–H and O–H groups in total. The van der Waals surface area contributed by atoms with E-state index in [4.69, 9.17) is 0 Å². The maximum Gasteiger partial charge on any atom is 0.115 e. The van der Waals surface area contributed by atoms with Gasteiger partial charge in [0, 0.05) is 13.1 Å². The molecule has 0 bridgehead atoms. The number of rotatable bonds is 7. The minimum absolute atomic E-state index is 0.0545. The van der Waals surface area contributed by atoms with Crippen LogP contribution in [-0.2, 0) is 11.8 Å². The van der Waals surface area contributed by atoms with E-state index in [2.05, 4.69) is 92.4 Å². The Labute approximate surface area is 206 Å². The third-order valence-corrected chi connectivity index (χ3v) is 7.01. The molecule has 1 aliphatic heterocycles. The van der Waals surface area contributed by atoms with E-state index in [0.29, 0.717) is 5.75 Å². The molecule has 1 heterocycles. The molecule has 3 aromatic carbocycles. The Hall–Kier alpha value is -2.84. The number of aromatic hydroxyl groups is 1. The van der Waals surface area contributed by atoms with Gasteiger partial charge in [-0.15, -0.1) is 0 Å². The first-order valence-corrected chi connectivity index (χ1v) is 12.8. The number of likely N-dealkylation sites (tertiary alicyclic amines) is 1. The van der Waals surface area contributed by atoms with E-state index in [-0.39, 0.29) is 5.41 Å². The Kier molecular flexibility index (Phi) is 7.90. The largest absolute Gasteiger partial charge is 0.508 e. The molecule has 0 aromatic heterocycles. The van der Waals surface area contributed by atoms with E-state index in [1.165, 1.54) is 47.2 Å². The van der Waals surface area contributed by atoms with E-state index < -0.39 is 0 Å². The van der Waals surface area contributed by atoms with Gasteiger partial charge >= 0.3 is 0 Å². The van der Waals surface area contributed by atoms with Gasteiger partial charge in [-0.05, 0) is 84.0 Å². The maximum atomic E-state index is 9.94. The third kappa shape index (κ3) is 6.18. The van der Waals surface area contributed by atoms with Gasteiger partial charge in [-0.3, -0.25) is 0 Å². The standard InChI is InChI=1S/C32H39NO/c1-32(2,3)30-24-29(34)18-17-25(30)12-10-11-21-33-22-19-28(20-23-33)31(26-13-6-4-7-14-26)27-15-8-5-9-16-27/h4-9,13-18,24,34H,10-12,19-23H2,1-3H3. The second kappa shape index (κ2) is 11.1. The summed E-state index contributed by atoms with van der Waals surface area (Å²) >= 11 is 0. The molecule has 0 spiro atoms. The lowest BCUT2D eigenvalue weighted by Crippen LogP contribution is -2.32. The van der Waals surface area contributed by atoms with E-state index >= 15 is 0 Å². The maximum absolute atomic E-state index is 9.94. The van der Waals surface area contributed by atoms with Crippen LogP contribution in [0.4, 0.5) is 0 Å². The summed E-state index contributed by atoms with van der Waals surface area (Å²) in [7, 11) is 0. The molecule has 4 rings (SSSR count). The molecule has 178 valence electrons. The fraction of sp³-hybridized carbons (Fsp3) is 0.375. The predicted octanol–water partition coefficient (Wildman–Crippen LogP) is 7.61. The van der Waals surface area contributed by atoms with Gasteiger partial charge in [-0.25, -0.2) is 0 Å². The number of unbranched alkanes of at least 4 members (excludes halogenated alkanes) is 1. The first kappa shape index (κ1) is 24.3. The van der Waals surface area contributed by atoms with Crippen LogP contribution in [0, 0.1) is 0 Å². The number of aryl methyl sites for hydroxylation is 1. The van der Waals surface area contributed by atoms with Gasteiger partial charge in [0.25, 0.3) is 0 Å². The van der Waals surface area contributed by atoms with Crippen molar-refractivity contribution in [2.45, 2.75) is 58.3 Å². The first-order valence-electron chi connectivity index (χ1n) is 12.8. The van der Waals surface area contributed by atoms with Crippen LogP contribution in [0.25, 0.3) is 5.57 Å². The first-order chi connectivity index (χ1) is 16.4. The van der Waals surface area contributed by atoms with Gasteiger partial charge in [-0.2, -0.15) is 0 Å². The number of phenols is 1. The van der Waals surface area contributed by atoms with Gasteiger partial charge in [0.1, 0.15) is 5.75 Å². The normalized spacial score (nSPS) is 14.9. The van der Waals surface area contributed by atoms with Crippen LogP contribution in [0.2, 0.25) is 0 Å². The van der Waals surface area contributed by atoms with Crippen LogP contribution in [0.1, 0.15) is 68.7 Å². The minimum atomic E-state index is 0.0545. The SMILES string of the molecule is CC(C)(C)c1cc(O)ccc1CCCCN1CCC(=C(c2ccccc2)c2ccccc2)CC1. The van der Waals surface area contributed by atoms with Crippen molar-refractivity contribution in [1.82, 2.24) is 4.90 Å². The van der Waals surface area contributed by atoms with Gasteiger partial charge in [0.05, 0.1) is 0 Å². The van der Waals surface area contributed by atoms with Crippen molar-refractivity contribution < 1.29 is 5.11 Å². The zero-order chi connectivity index (χ0) is 24.0. The molecular formula is C32H39NO. The van der Waals surface area contributed by atoms with E-state index in [0.717, 1.165) is 32.4 Å².